The highest BCUT2D eigenvalue weighted by Crippen LogP contribution is 2.44. The first-order valence-corrected chi connectivity index (χ1v) is 11.3. The van der Waals surface area contributed by atoms with Gasteiger partial charge in [0.15, 0.2) is 5.78 Å². The average Bonchev–Trinajstić information content (AvgIpc) is 2.96. The van der Waals surface area contributed by atoms with Gasteiger partial charge in [0.2, 0.25) is 5.91 Å². The van der Waals surface area contributed by atoms with Crippen LogP contribution in [0.2, 0.25) is 0 Å². The van der Waals surface area contributed by atoms with Crippen LogP contribution in [0.25, 0.3) is 0 Å². The van der Waals surface area contributed by atoms with Crippen molar-refractivity contribution in [3.05, 3.63) is 101 Å². The summed E-state index contributed by atoms with van der Waals surface area (Å²) in [5, 5.41) is 9.98. The van der Waals surface area contributed by atoms with E-state index in [9.17, 15) is 9.59 Å². The summed E-state index contributed by atoms with van der Waals surface area (Å²) in [5.74, 6) is 0.200. The highest BCUT2D eigenvalue weighted by Gasteiger charge is 2.36. The van der Waals surface area contributed by atoms with Gasteiger partial charge < -0.3 is 16.0 Å². The minimum atomic E-state index is -0.269. The summed E-state index contributed by atoms with van der Waals surface area (Å²) in [6.45, 7) is 3.57. The molecule has 5 nitrogen and oxygen atoms in total. The van der Waals surface area contributed by atoms with E-state index in [0.29, 0.717) is 6.42 Å². The number of hydrogen-bond acceptors (Lipinski definition) is 4. The molecular formula is C28H27N3O2. The monoisotopic (exact) mass is 437 g/mol. The van der Waals surface area contributed by atoms with Crippen LogP contribution in [0, 0.1) is 6.92 Å². The predicted octanol–water partition coefficient (Wildman–Crippen LogP) is 5.93. The van der Waals surface area contributed by atoms with Crippen molar-refractivity contribution in [3.8, 4) is 0 Å². The largest absolute Gasteiger partial charge is 0.372 e. The lowest BCUT2D eigenvalue weighted by Gasteiger charge is -2.30. The minimum Gasteiger partial charge on any atom is -0.372 e. The van der Waals surface area contributed by atoms with E-state index in [-0.39, 0.29) is 23.7 Å². The first kappa shape index (κ1) is 21.0. The van der Waals surface area contributed by atoms with Gasteiger partial charge in [0, 0.05) is 30.3 Å². The maximum absolute atomic E-state index is 13.6. The van der Waals surface area contributed by atoms with E-state index in [1.807, 2.05) is 48.5 Å². The van der Waals surface area contributed by atoms with Crippen molar-refractivity contribution >= 4 is 28.8 Å². The maximum Gasteiger partial charge on any atom is 0.221 e. The molecule has 166 valence electrons. The van der Waals surface area contributed by atoms with E-state index in [2.05, 4.69) is 47.1 Å². The zero-order valence-corrected chi connectivity index (χ0v) is 18.8. The summed E-state index contributed by atoms with van der Waals surface area (Å²) in [7, 11) is 0. The second-order valence-corrected chi connectivity index (χ2v) is 8.88. The molecule has 3 N–H and O–H groups in total. The molecule has 0 bridgehead atoms. The number of allylic oxidation sites excluding steroid dienone is 1. The van der Waals surface area contributed by atoms with Gasteiger partial charge in [0.25, 0.3) is 0 Å². The third kappa shape index (κ3) is 4.27. The number of amides is 1. The molecule has 0 radical (unpaired) electrons. The fourth-order valence-electron chi connectivity index (χ4n) is 4.78. The van der Waals surface area contributed by atoms with Crippen LogP contribution in [0.1, 0.15) is 48.4 Å². The number of aryl methyl sites for hydroxylation is 1. The summed E-state index contributed by atoms with van der Waals surface area (Å²) in [5.41, 5.74) is 7.84. The number of carbonyl (C=O) groups is 2. The number of benzene rings is 3. The standard InChI is InChI=1S/C28H27N3O2/c1-17-7-9-19(10-8-17)21-15-25-27(26(33)16-21)28(31-24-6-4-3-5-23(24)30-25)20-11-13-22(14-12-20)29-18(2)32/h3-14,21,28,30-31H,15-16H2,1-2H3,(H,29,32)/t21-,28+/m1/s1. The molecule has 1 aliphatic heterocycles. The summed E-state index contributed by atoms with van der Waals surface area (Å²) in [6, 6.07) is 24.0. The number of anilines is 3. The van der Waals surface area contributed by atoms with Gasteiger partial charge in [-0.05, 0) is 54.7 Å². The molecule has 0 saturated carbocycles. The molecule has 2 atom stereocenters. The van der Waals surface area contributed by atoms with Gasteiger partial charge in [-0.2, -0.15) is 0 Å². The Bertz CT molecular complexity index is 1240. The first-order chi connectivity index (χ1) is 16.0. The molecule has 0 spiro atoms. The number of fused-ring (bicyclic) bond motifs is 1. The lowest BCUT2D eigenvalue weighted by atomic mass is 9.78. The average molecular weight is 438 g/mol. The van der Waals surface area contributed by atoms with Crippen LogP contribution >= 0.6 is 0 Å². The number of Topliss-reactive ketones (excluding diaryl/α,β-unsaturated/α-hetero) is 1. The molecule has 1 aliphatic carbocycles. The summed E-state index contributed by atoms with van der Waals surface area (Å²) < 4.78 is 0. The highest BCUT2D eigenvalue weighted by atomic mass is 16.1. The zero-order chi connectivity index (χ0) is 22.9. The smallest absolute Gasteiger partial charge is 0.221 e. The van der Waals surface area contributed by atoms with Crippen molar-refractivity contribution in [2.45, 2.75) is 38.6 Å². The predicted molar refractivity (Wildman–Crippen MR) is 132 cm³/mol. The quantitative estimate of drug-likeness (QED) is 0.475. The normalized spacial score (nSPS) is 19.5. The Balaban J connectivity index is 1.55. The van der Waals surface area contributed by atoms with E-state index >= 15 is 0 Å². The van der Waals surface area contributed by atoms with Gasteiger partial charge in [-0.1, -0.05) is 54.1 Å². The molecule has 5 rings (SSSR count). The number of nitrogens with one attached hydrogen (secondary N) is 3. The van der Waals surface area contributed by atoms with Crippen LogP contribution in [0.15, 0.2) is 84.1 Å². The molecule has 3 aromatic rings. The molecule has 0 aromatic heterocycles. The Morgan fingerprint density at radius 2 is 1.55 bits per heavy atom. The molecule has 5 heteroatoms. The lowest BCUT2D eigenvalue weighted by molar-refractivity contribution is -0.116. The lowest BCUT2D eigenvalue weighted by Crippen LogP contribution is -2.26. The second kappa shape index (κ2) is 8.58. The summed E-state index contributed by atoms with van der Waals surface area (Å²) in [4.78, 5) is 25.0. The van der Waals surface area contributed by atoms with Gasteiger partial charge in [0.05, 0.1) is 17.4 Å². The summed E-state index contributed by atoms with van der Waals surface area (Å²) in [6.07, 6.45) is 1.27. The molecule has 0 fully saturated rings. The van der Waals surface area contributed by atoms with E-state index in [1.54, 1.807) is 0 Å². The van der Waals surface area contributed by atoms with Gasteiger partial charge in [0.1, 0.15) is 0 Å². The molecule has 3 aromatic carbocycles. The van der Waals surface area contributed by atoms with Crippen molar-refractivity contribution in [2.24, 2.45) is 0 Å². The molecule has 1 heterocycles. The first-order valence-electron chi connectivity index (χ1n) is 11.3. The topological polar surface area (TPSA) is 70.2 Å². The van der Waals surface area contributed by atoms with Gasteiger partial charge in [-0.15, -0.1) is 0 Å². The number of carbonyl (C=O) groups excluding carboxylic acids is 2. The zero-order valence-electron chi connectivity index (χ0n) is 18.8. The fraction of sp³-hybridized carbons (Fsp3) is 0.214. The van der Waals surface area contributed by atoms with Crippen LogP contribution in [0.3, 0.4) is 0 Å². The van der Waals surface area contributed by atoms with Gasteiger partial charge in [-0.25, -0.2) is 0 Å². The highest BCUT2D eigenvalue weighted by molar-refractivity contribution is 6.01. The van der Waals surface area contributed by atoms with E-state index < -0.39 is 0 Å². The van der Waals surface area contributed by atoms with Crippen LogP contribution in [-0.4, -0.2) is 11.7 Å². The molecular weight excluding hydrogens is 410 g/mol. The Kier molecular flexibility index (Phi) is 5.47. The van der Waals surface area contributed by atoms with E-state index in [0.717, 1.165) is 40.3 Å². The van der Waals surface area contributed by atoms with E-state index in [1.165, 1.54) is 18.1 Å². The van der Waals surface area contributed by atoms with E-state index in [4.69, 9.17) is 0 Å². The molecule has 0 saturated heterocycles. The van der Waals surface area contributed by atoms with Crippen molar-refractivity contribution in [2.75, 3.05) is 16.0 Å². The third-order valence-corrected chi connectivity index (χ3v) is 6.42. The Morgan fingerprint density at radius 3 is 2.24 bits per heavy atom. The van der Waals surface area contributed by atoms with Crippen molar-refractivity contribution in [3.63, 3.8) is 0 Å². The Morgan fingerprint density at radius 1 is 0.879 bits per heavy atom. The fourth-order valence-corrected chi connectivity index (χ4v) is 4.78. The molecule has 2 aliphatic rings. The number of ketones is 1. The summed E-state index contributed by atoms with van der Waals surface area (Å²) >= 11 is 0. The van der Waals surface area contributed by atoms with Crippen LogP contribution in [-0.2, 0) is 9.59 Å². The molecule has 0 unspecified atom stereocenters. The molecule has 33 heavy (non-hydrogen) atoms. The third-order valence-electron chi connectivity index (χ3n) is 6.42. The van der Waals surface area contributed by atoms with Gasteiger partial charge >= 0.3 is 0 Å². The number of hydrogen-bond donors (Lipinski definition) is 3. The Hall–Kier alpha value is -3.86. The van der Waals surface area contributed by atoms with Crippen molar-refractivity contribution < 1.29 is 9.59 Å². The van der Waals surface area contributed by atoms with Crippen molar-refractivity contribution in [1.29, 1.82) is 0 Å². The van der Waals surface area contributed by atoms with Gasteiger partial charge in [-0.3, -0.25) is 9.59 Å². The number of rotatable bonds is 3. The van der Waals surface area contributed by atoms with Crippen LogP contribution in [0.4, 0.5) is 17.1 Å². The minimum absolute atomic E-state index is 0.108. The van der Waals surface area contributed by atoms with Crippen molar-refractivity contribution in [1.82, 2.24) is 0 Å². The second-order valence-electron chi connectivity index (χ2n) is 8.88. The SMILES string of the molecule is CC(=O)Nc1ccc([C@@H]2Nc3ccccc3NC3=C2C(=O)C[C@H](c2ccc(C)cc2)C3)cc1. The Labute approximate surface area is 193 Å². The number of para-hydroxylation sites is 2. The van der Waals surface area contributed by atoms with Crippen LogP contribution < -0.4 is 16.0 Å². The maximum atomic E-state index is 13.6. The molecule has 1 amide bonds. The van der Waals surface area contributed by atoms with Crippen LogP contribution in [0.5, 0.6) is 0 Å².